The van der Waals surface area contributed by atoms with Gasteiger partial charge >= 0.3 is 0 Å². The minimum absolute atomic E-state index is 0.126. The van der Waals surface area contributed by atoms with Crippen molar-refractivity contribution in [2.45, 2.75) is 104 Å². The Morgan fingerprint density at radius 3 is 2.60 bits per heavy atom. The lowest BCUT2D eigenvalue weighted by Gasteiger charge is -2.58. The fourth-order valence-corrected chi connectivity index (χ4v) is 9.36. The molecule has 4 fully saturated rings. The standard InChI is InChI=1S/C27H45NO2/c1-16-5-8-23(28-15-16)17(2)25-24(30)14-22-20-7-6-18-13-19(29)9-11-26(18,3)21(20)10-12-27(22,25)4/h6,16-17,19-25,28-30H,5,7-15H2,1-4H3/t16-,17-,19+,20-,21+,22+,23+,24+,25+,26+,27+/m1/s1. The van der Waals surface area contributed by atoms with Gasteiger partial charge in [-0.2, -0.15) is 0 Å². The fourth-order valence-electron chi connectivity index (χ4n) is 9.36. The molecule has 1 aliphatic heterocycles. The first-order valence-electron chi connectivity index (χ1n) is 13.0. The van der Waals surface area contributed by atoms with Crippen LogP contribution in [0.2, 0.25) is 0 Å². The number of hydrogen-bond acceptors (Lipinski definition) is 3. The average Bonchev–Trinajstić information content (AvgIpc) is 2.98. The van der Waals surface area contributed by atoms with Gasteiger partial charge in [0.25, 0.3) is 0 Å². The van der Waals surface area contributed by atoms with Crippen LogP contribution in [0.5, 0.6) is 0 Å². The smallest absolute Gasteiger partial charge is 0.0579 e. The molecule has 1 heterocycles. The highest BCUT2D eigenvalue weighted by atomic mass is 16.3. The van der Waals surface area contributed by atoms with Crippen LogP contribution in [0.15, 0.2) is 11.6 Å². The third kappa shape index (κ3) is 3.17. The van der Waals surface area contributed by atoms with Gasteiger partial charge in [-0.3, -0.25) is 0 Å². The van der Waals surface area contributed by atoms with E-state index in [-0.39, 0.29) is 17.6 Å². The van der Waals surface area contributed by atoms with Crippen LogP contribution in [0.1, 0.15) is 85.5 Å². The third-order valence-electron chi connectivity index (χ3n) is 11.1. The highest BCUT2D eigenvalue weighted by Crippen LogP contribution is 2.67. The molecule has 1 saturated heterocycles. The van der Waals surface area contributed by atoms with Gasteiger partial charge in [0.2, 0.25) is 0 Å². The van der Waals surface area contributed by atoms with Crippen molar-refractivity contribution in [1.82, 2.24) is 5.32 Å². The van der Waals surface area contributed by atoms with Crippen LogP contribution in [0.25, 0.3) is 0 Å². The summed E-state index contributed by atoms with van der Waals surface area (Å²) in [5.74, 6) is 3.90. The number of aliphatic hydroxyl groups is 2. The van der Waals surface area contributed by atoms with E-state index in [1.54, 1.807) is 5.57 Å². The molecule has 3 saturated carbocycles. The maximum absolute atomic E-state index is 11.4. The van der Waals surface area contributed by atoms with Gasteiger partial charge in [0.05, 0.1) is 12.2 Å². The van der Waals surface area contributed by atoms with Gasteiger partial charge in [0.1, 0.15) is 0 Å². The predicted molar refractivity (Wildman–Crippen MR) is 122 cm³/mol. The fraction of sp³-hybridized carbons (Fsp3) is 0.926. The van der Waals surface area contributed by atoms with Gasteiger partial charge in [-0.1, -0.05) is 39.3 Å². The zero-order chi connectivity index (χ0) is 21.3. The number of allylic oxidation sites excluding steroid dienone is 1. The molecule has 30 heavy (non-hydrogen) atoms. The van der Waals surface area contributed by atoms with E-state index in [0.717, 1.165) is 50.0 Å². The van der Waals surface area contributed by atoms with Crippen LogP contribution < -0.4 is 5.32 Å². The maximum atomic E-state index is 11.4. The molecule has 0 radical (unpaired) electrons. The van der Waals surface area contributed by atoms with Gasteiger partial charge in [0, 0.05) is 6.04 Å². The van der Waals surface area contributed by atoms with Crippen molar-refractivity contribution < 1.29 is 10.2 Å². The second-order valence-corrected chi connectivity index (χ2v) is 12.6. The Labute approximate surface area is 184 Å². The zero-order valence-corrected chi connectivity index (χ0v) is 19.7. The van der Waals surface area contributed by atoms with Crippen LogP contribution >= 0.6 is 0 Å². The minimum Gasteiger partial charge on any atom is -0.393 e. The molecule has 4 aliphatic carbocycles. The van der Waals surface area contributed by atoms with E-state index >= 15 is 0 Å². The molecular weight excluding hydrogens is 370 g/mol. The first-order chi connectivity index (χ1) is 14.2. The first-order valence-corrected chi connectivity index (χ1v) is 13.0. The summed E-state index contributed by atoms with van der Waals surface area (Å²) in [4.78, 5) is 0. The molecule has 0 aromatic carbocycles. The van der Waals surface area contributed by atoms with E-state index in [2.05, 4.69) is 39.1 Å². The van der Waals surface area contributed by atoms with Crippen LogP contribution in [0.4, 0.5) is 0 Å². The largest absolute Gasteiger partial charge is 0.393 e. The molecule has 0 spiro atoms. The predicted octanol–water partition coefficient (Wildman–Crippen LogP) is 4.92. The summed E-state index contributed by atoms with van der Waals surface area (Å²) in [5.41, 5.74) is 2.12. The van der Waals surface area contributed by atoms with Crippen molar-refractivity contribution in [1.29, 1.82) is 0 Å². The average molecular weight is 416 g/mol. The number of rotatable bonds is 2. The second-order valence-electron chi connectivity index (χ2n) is 12.6. The Morgan fingerprint density at radius 1 is 1.07 bits per heavy atom. The van der Waals surface area contributed by atoms with Crippen LogP contribution in [0.3, 0.4) is 0 Å². The Kier molecular flexibility index (Phi) is 5.43. The summed E-state index contributed by atoms with van der Waals surface area (Å²) in [6, 6.07) is 0.573. The van der Waals surface area contributed by atoms with Gasteiger partial charge in [-0.25, -0.2) is 0 Å². The maximum Gasteiger partial charge on any atom is 0.0579 e. The quantitative estimate of drug-likeness (QED) is 0.561. The van der Waals surface area contributed by atoms with Gasteiger partial charge in [-0.05, 0) is 111 Å². The number of aliphatic hydroxyl groups excluding tert-OH is 2. The number of piperidine rings is 1. The molecular formula is C27H45NO2. The SMILES string of the molecule is C[C@@H]1CC[C@@H]([C@@H](C)[C@H]2[C@@H](O)C[C@H]3[C@@H]4CC=C5C[C@@H](O)CC[C@]5(C)[C@H]4CC[C@]23C)NC1. The van der Waals surface area contributed by atoms with Crippen LogP contribution in [-0.4, -0.2) is 35.0 Å². The second kappa shape index (κ2) is 7.59. The summed E-state index contributed by atoms with van der Waals surface area (Å²) in [5, 5.41) is 25.5. The molecule has 5 rings (SSSR count). The first kappa shape index (κ1) is 21.5. The molecule has 0 unspecified atom stereocenters. The molecule has 5 aliphatic rings. The van der Waals surface area contributed by atoms with Crippen molar-refractivity contribution in [3.8, 4) is 0 Å². The summed E-state index contributed by atoms with van der Waals surface area (Å²) in [6.07, 6.45) is 12.6. The lowest BCUT2D eigenvalue weighted by atomic mass is 9.47. The normalized spacial score (nSPS) is 54.5. The van der Waals surface area contributed by atoms with E-state index in [1.165, 1.54) is 32.1 Å². The summed E-state index contributed by atoms with van der Waals surface area (Å²) in [6.45, 7) is 11.0. The summed E-state index contributed by atoms with van der Waals surface area (Å²) < 4.78 is 0. The highest BCUT2D eigenvalue weighted by molar-refractivity contribution is 5.25. The van der Waals surface area contributed by atoms with Crippen LogP contribution in [0, 0.1) is 46.3 Å². The minimum atomic E-state index is -0.138. The number of nitrogens with one attached hydrogen (secondary N) is 1. The number of hydrogen-bond donors (Lipinski definition) is 3. The van der Waals surface area contributed by atoms with Crippen molar-refractivity contribution in [3.63, 3.8) is 0 Å². The molecule has 0 aromatic rings. The molecule has 11 atom stereocenters. The molecule has 0 bridgehead atoms. The Bertz CT molecular complexity index is 682. The molecule has 0 aromatic heterocycles. The molecule has 0 amide bonds. The molecule has 3 N–H and O–H groups in total. The lowest BCUT2D eigenvalue weighted by molar-refractivity contribution is -0.0655. The van der Waals surface area contributed by atoms with E-state index in [1.807, 2.05) is 0 Å². The van der Waals surface area contributed by atoms with Gasteiger partial charge < -0.3 is 15.5 Å². The number of fused-ring (bicyclic) bond motifs is 5. The molecule has 3 nitrogen and oxygen atoms in total. The Hall–Kier alpha value is -0.380. The van der Waals surface area contributed by atoms with Gasteiger partial charge in [-0.15, -0.1) is 0 Å². The molecule has 3 heteroatoms. The third-order valence-corrected chi connectivity index (χ3v) is 11.1. The van der Waals surface area contributed by atoms with E-state index in [4.69, 9.17) is 0 Å². The van der Waals surface area contributed by atoms with E-state index in [0.29, 0.717) is 29.2 Å². The summed E-state index contributed by atoms with van der Waals surface area (Å²) >= 11 is 0. The zero-order valence-electron chi connectivity index (χ0n) is 19.7. The van der Waals surface area contributed by atoms with Crippen molar-refractivity contribution in [2.75, 3.05) is 6.54 Å². The Morgan fingerprint density at radius 2 is 1.87 bits per heavy atom. The summed E-state index contributed by atoms with van der Waals surface area (Å²) in [7, 11) is 0. The van der Waals surface area contributed by atoms with Crippen molar-refractivity contribution >= 4 is 0 Å². The van der Waals surface area contributed by atoms with Crippen molar-refractivity contribution in [3.05, 3.63) is 11.6 Å². The monoisotopic (exact) mass is 415 g/mol. The molecule has 170 valence electrons. The van der Waals surface area contributed by atoms with E-state index in [9.17, 15) is 10.2 Å². The topological polar surface area (TPSA) is 52.5 Å². The lowest BCUT2D eigenvalue weighted by Crippen LogP contribution is -2.53. The van der Waals surface area contributed by atoms with Gasteiger partial charge in [0.15, 0.2) is 0 Å². The van der Waals surface area contributed by atoms with Crippen LogP contribution in [-0.2, 0) is 0 Å². The van der Waals surface area contributed by atoms with E-state index < -0.39 is 0 Å². The Balaban J connectivity index is 1.39. The van der Waals surface area contributed by atoms with Crippen molar-refractivity contribution in [2.24, 2.45) is 46.3 Å². The highest BCUT2D eigenvalue weighted by Gasteiger charge is 2.62.